The molecule has 0 aliphatic heterocycles. The van der Waals surface area contributed by atoms with Gasteiger partial charge in [0.25, 0.3) is 0 Å². The number of esters is 1. The van der Waals surface area contributed by atoms with E-state index >= 15 is 0 Å². The molecule has 0 radical (unpaired) electrons. The Bertz CT molecular complexity index is 1420. The zero-order valence-corrected chi connectivity index (χ0v) is 16.5. The fourth-order valence-corrected chi connectivity index (χ4v) is 4.29. The third kappa shape index (κ3) is 2.94. The molecule has 0 atom stereocenters. The molecule has 0 bridgehead atoms. The molecule has 2 aromatic carbocycles. The average molecular weight is 404 g/mol. The third-order valence-electron chi connectivity index (χ3n) is 5.77. The molecule has 1 aliphatic rings. The molecule has 5 rings (SSSR count). The standard InChI is InChI=1S/C23H20N2O5/c1-24-18-7-2-3-8-19(18)25(23(24)28)12-11-21(26)29-14-9-10-16-15-5-4-6-17(15)22(27)30-20(16)13-14/h2-3,7-10,13H,4-6,11-12H2,1H3. The van der Waals surface area contributed by atoms with Crippen molar-refractivity contribution in [1.82, 2.24) is 9.13 Å². The number of carbonyl (C=O) groups excluding carboxylic acids is 1. The summed E-state index contributed by atoms with van der Waals surface area (Å²) in [5.41, 5.74) is 3.32. The van der Waals surface area contributed by atoms with Crippen LogP contribution in [0.5, 0.6) is 5.75 Å². The van der Waals surface area contributed by atoms with Crippen molar-refractivity contribution in [2.75, 3.05) is 0 Å². The molecule has 152 valence electrons. The molecule has 0 N–H and O–H groups in total. The molecule has 0 spiro atoms. The van der Waals surface area contributed by atoms with Gasteiger partial charge in [0.1, 0.15) is 11.3 Å². The van der Waals surface area contributed by atoms with Gasteiger partial charge in [-0.3, -0.25) is 13.9 Å². The van der Waals surface area contributed by atoms with Crippen molar-refractivity contribution in [1.29, 1.82) is 0 Å². The third-order valence-corrected chi connectivity index (χ3v) is 5.77. The molecule has 2 heterocycles. The lowest BCUT2D eigenvalue weighted by Gasteiger charge is -2.08. The second-order valence-electron chi connectivity index (χ2n) is 7.56. The molecule has 2 aromatic heterocycles. The van der Waals surface area contributed by atoms with E-state index < -0.39 is 5.97 Å². The zero-order valence-electron chi connectivity index (χ0n) is 16.5. The highest BCUT2D eigenvalue weighted by Crippen LogP contribution is 2.29. The molecule has 0 amide bonds. The SMILES string of the molecule is Cn1c(=O)n(CCC(=O)Oc2ccc3c4c(c(=O)oc3c2)CCC4)c2ccccc21. The van der Waals surface area contributed by atoms with Crippen LogP contribution < -0.4 is 16.1 Å². The number of para-hydroxylation sites is 2. The maximum atomic E-state index is 12.5. The van der Waals surface area contributed by atoms with Gasteiger partial charge < -0.3 is 9.15 Å². The van der Waals surface area contributed by atoms with E-state index in [1.165, 1.54) is 0 Å². The van der Waals surface area contributed by atoms with E-state index in [0.29, 0.717) is 11.3 Å². The Kier molecular flexibility index (Phi) is 4.31. The van der Waals surface area contributed by atoms with Gasteiger partial charge in [0.15, 0.2) is 0 Å². The molecule has 1 aliphatic carbocycles. The van der Waals surface area contributed by atoms with Crippen LogP contribution in [-0.2, 0) is 31.2 Å². The summed E-state index contributed by atoms with van der Waals surface area (Å²) in [7, 11) is 1.71. The maximum absolute atomic E-state index is 12.5. The molecule has 0 unspecified atom stereocenters. The largest absolute Gasteiger partial charge is 0.426 e. The van der Waals surface area contributed by atoms with Crippen molar-refractivity contribution in [2.24, 2.45) is 7.05 Å². The predicted molar refractivity (Wildman–Crippen MR) is 112 cm³/mol. The molecular formula is C23H20N2O5. The van der Waals surface area contributed by atoms with Crippen LogP contribution in [0, 0.1) is 0 Å². The van der Waals surface area contributed by atoms with E-state index in [1.807, 2.05) is 30.3 Å². The van der Waals surface area contributed by atoms with E-state index in [1.54, 1.807) is 28.3 Å². The first-order valence-corrected chi connectivity index (χ1v) is 9.96. The normalized spacial score (nSPS) is 13.1. The zero-order chi connectivity index (χ0) is 20.8. The van der Waals surface area contributed by atoms with Gasteiger partial charge in [-0.1, -0.05) is 12.1 Å². The lowest BCUT2D eigenvalue weighted by Crippen LogP contribution is -2.24. The van der Waals surface area contributed by atoms with Gasteiger partial charge in [0.2, 0.25) is 0 Å². The van der Waals surface area contributed by atoms with Gasteiger partial charge in [0, 0.05) is 30.6 Å². The molecule has 0 saturated heterocycles. The van der Waals surface area contributed by atoms with Gasteiger partial charge in [0.05, 0.1) is 17.5 Å². The van der Waals surface area contributed by atoms with E-state index in [0.717, 1.165) is 46.8 Å². The highest BCUT2D eigenvalue weighted by molar-refractivity contribution is 5.84. The van der Waals surface area contributed by atoms with Crippen LogP contribution in [-0.4, -0.2) is 15.1 Å². The summed E-state index contributed by atoms with van der Waals surface area (Å²) in [6, 6.07) is 12.6. The van der Waals surface area contributed by atoms with Crippen molar-refractivity contribution in [3.05, 3.63) is 74.5 Å². The Morgan fingerprint density at radius 3 is 2.67 bits per heavy atom. The lowest BCUT2D eigenvalue weighted by molar-refractivity contribution is -0.134. The second-order valence-corrected chi connectivity index (χ2v) is 7.56. The first-order chi connectivity index (χ1) is 14.5. The van der Waals surface area contributed by atoms with Crippen molar-refractivity contribution in [3.8, 4) is 5.75 Å². The highest BCUT2D eigenvalue weighted by Gasteiger charge is 2.20. The summed E-state index contributed by atoms with van der Waals surface area (Å²) in [6.45, 7) is 0.217. The summed E-state index contributed by atoms with van der Waals surface area (Å²) in [5, 5.41) is 0.893. The van der Waals surface area contributed by atoms with Crippen LogP contribution in [0.2, 0.25) is 0 Å². The van der Waals surface area contributed by atoms with Crippen LogP contribution in [0.3, 0.4) is 0 Å². The van der Waals surface area contributed by atoms with Gasteiger partial charge in [-0.05, 0) is 49.1 Å². The number of aryl methyl sites for hydroxylation is 3. The van der Waals surface area contributed by atoms with Gasteiger partial charge in [-0.2, -0.15) is 0 Å². The Labute approximate surface area is 171 Å². The number of hydrogen-bond acceptors (Lipinski definition) is 5. The minimum Gasteiger partial charge on any atom is -0.426 e. The van der Waals surface area contributed by atoms with Crippen molar-refractivity contribution in [2.45, 2.75) is 32.2 Å². The maximum Gasteiger partial charge on any atom is 0.339 e. The van der Waals surface area contributed by atoms with Crippen molar-refractivity contribution >= 4 is 28.0 Å². The van der Waals surface area contributed by atoms with Crippen molar-refractivity contribution < 1.29 is 13.9 Å². The Balaban J connectivity index is 1.36. The molecule has 4 aromatic rings. The van der Waals surface area contributed by atoms with E-state index in [9.17, 15) is 14.4 Å². The van der Waals surface area contributed by atoms with Crippen LogP contribution in [0.25, 0.3) is 22.0 Å². The lowest BCUT2D eigenvalue weighted by atomic mass is 10.1. The van der Waals surface area contributed by atoms with Crippen LogP contribution in [0.1, 0.15) is 24.0 Å². The van der Waals surface area contributed by atoms with E-state index in [2.05, 4.69) is 0 Å². The monoisotopic (exact) mass is 404 g/mol. The second kappa shape index (κ2) is 7.02. The Morgan fingerprint density at radius 1 is 1.07 bits per heavy atom. The summed E-state index contributed by atoms with van der Waals surface area (Å²) in [4.78, 5) is 37.0. The van der Waals surface area contributed by atoms with Crippen LogP contribution >= 0.6 is 0 Å². The smallest absolute Gasteiger partial charge is 0.339 e. The summed E-state index contributed by atoms with van der Waals surface area (Å²) < 4.78 is 14.0. The molecule has 0 saturated carbocycles. The van der Waals surface area contributed by atoms with E-state index in [4.69, 9.17) is 9.15 Å². The minimum absolute atomic E-state index is 0.0418. The fraction of sp³-hybridized carbons (Fsp3) is 0.261. The predicted octanol–water partition coefficient (Wildman–Crippen LogP) is 2.93. The Hall–Kier alpha value is -3.61. The molecule has 7 heteroatoms. The number of aromatic nitrogens is 2. The number of fused-ring (bicyclic) bond motifs is 4. The number of carbonyl (C=O) groups is 1. The first-order valence-electron chi connectivity index (χ1n) is 9.96. The molecular weight excluding hydrogens is 384 g/mol. The van der Waals surface area contributed by atoms with E-state index in [-0.39, 0.29) is 24.3 Å². The van der Waals surface area contributed by atoms with Gasteiger partial charge in [-0.15, -0.1) is 0 Å². The average Bonchev–Trinajstić information content (AvgIpc) is 3.32. The number of nitrogens with zero attached hydrogens (tertiary/aromatic N) is 2. The minimum atomic E-state index is -0.460. The molecule has 0 fully saturated rings. The fourth-order valence-electron chi connectivity index (χ4n) is 4.29. The number of ether oxygens (including phenoxy) is 1. The number of hydrogen-bond donors (Lipinski definition) is 0. The molecule has 30 heavy (non-hydrogen) atoms. The van der Waals surface area contributed by atoms with Crippen LogP contribution in [0.15, 0.2) is 56.5 Å². The molecule has 7 nitrogen and oxygen atoms in total. The summed E-state index contributed by atoms with van der Waals surface area (Å²) in [6.07, 6.45) is 2.60. The first kappa shape index (κ1) is 18.4. The topological polar surface area (TPSA) is 83.4 Å². The Morgan fingerprint density at radius 2 is 1.83 bits per heavy atom. The summed E-state index contributed by atoms with van der Waals surface area (Å²) >= 11 is 0. The summed E-state index contributed by atoms with van der Waals surface area (Å²) in [5.74, 6) is -0.142. The van der Waals surface area contributed by atoms with Gasteiger partial charge >= 0.3 is 17.3 Å². The van der Waals surface area contributed by atoms with Gasteiger partial charge in [-0.25, -0.2) is 9.59 Å². The van der Waals surface area contributed by atoms with Crippen molar-refractivity contribution in [3.63, 3.8) is 0 Å². The number of benzene rings is 2. The number of rotatable bonds is 4. The number of imidazole rings is 1. The van der Waals surface area contributed by atoms with Crippen LogP contribution in [0.4, 0.5) is 0 Å². The quantitative estimate of drug-likeness (QED) is 0.297. The highest BCUT2D eigenvalue weighted by atomic mass is 16.5.